The number of likely N-dealkylation sites (N-methyl/N-ethyl adjacent to an activating group) is 1. The van der Waals surface area contributed by atoms with E-state index >= 15 is 0 Å². The van der Waals surface area contributed by atoms with Crippen LogP contribution < -0.4 is 10.6 Å². The second-order valence-electron chi connectivity index (χ2n) is 4.98. The van der Waals surface area contributed by atoms with Gasteiger partial charge < -0.3 is 10.6 Å². The highest BCUT2D eigenvalue weighted by atomic mass is 19.4. The van der Waals surface area contributed by atoms with E-state index in [4.69, 9.17) is 5.73 Å². The summed E-state index contributed by atoms with van der Waals surface area (Å²) in [5.74, 6) is 0. The van der Waals surface area contributed by atoms with E-state index in [1.807, 2.05) is 18.9 Å². The maximum absolute atomic E-state index is 12.9. The van der Waals surface area contributed by atoms with Gasteiger partial charge >= 0.3 is 6.18 Å². The van der Waals surface area contributed by atoms with Gasteiger partial charge in [0.1, 0.15) is 0 Å². The van der Waals surface area contributed by atoms with Crippen molar-refractivity contribution in [2.24, 2.45) is 5.73 Å². The van der Waals surface area contributed by atoms with Crippen molar-refractivity contribution in [3.63, 3.8) is 0 Å². The molecule has 2 unspecified atom stereocenters. The molecule has 0 aliphatic carbocycles. The minimum Gasteiger partial charge on any atom is -0.371 e. The zero-order chi connectivity index (χ0) is 13.5. The number of anilines is 1. The summed E-state index contributed by atoms with van der Waals surface area (Å²) in [7, 11) is 1.83. The van der Waals surface area contributed by atoms with Gasteiger partial charge in [-0.15, -0.1) is 0 Å². The van der Waals surface area contributed by atoms with Crippen molar-refractivity contribution >= 4 is 5.69 Å². The first-order valence-corrected chi connectivity index (χ1v) is 5.98. The average Bonchev–Trinajstić information content (AvgIpc) is 2.54. The lowest BCUT2D eigenvalue weighted by Crippen LogP contribution is -2.33. The van der Waals surface area contributed by atoms with Crippen LogP contribution in [0.1, 0.15) is 24.5 Å². The number of benzene rings is 1. The van der Waals surface area contributed by atoms with Crippen LogP contribution in [-0.4, -0.2) is 19.1 Å². The zero-order valence-electron chi connectivity index (χ0n) is 10.5. The molecule has 0 radical (unpaired) electrons. The minimum absolute atomic E-state index is 0.0129. The molecule has 1 aromatic carbocycles. The summed E-state index contributed by atoms with van der Waals surface area (Å²) in [4.78, 5) is 1.91. The van der Waals surface area contributed by atoms with Crippen molar-refractivity contribution < 1.29 is 13.2 Å². The fourth-order valence-electron chi connectivity index (χ4n) is 2.63. The number of hydrogen-bond donors (Lipinski definition) is 1. The molecule has 2 rings (SSSR count). The second kappa shape index (κ2) is 4.46. The molecule has 100 valence electrons. The van der Waals surface area contributed by atoms with Gasteiger partial charge in [0.25, 0.3) is 0 Å². The molecule has 0 fully saturated rings. The largest absolute Gasteiger partial charge is 0.416 e. The van der Waals surface area contributed by atoms with E-state index in [2.05, 4.69) is 0 Å². The smallest absolute Gasteiger partial charge is 0.371 e. The molecule has 5 heteroatoms. The Kier molecular flexibility index (Phi) is 3.27. The van der Waals surface area contributed by atoms with E-state index in [1.54, 1.807) is 6.07 Å². The maximum Gasteiger partial charge on any atom is 0.416 e. The van der Waals surface area contributed by atoms with Gasteiger partial charge in [0.05, 0.1) is 5.56 Å². The van der Waals surface area contributed by atoms with Crippen LogP contribution in [0.3, 0.4) is 0 Å². The van der Waals surface area contributed by atoms with Crippen LogP contribution in [0.5, 0.6) is 0 Å². The van der Waals surface area contributed by atoms with E-state index in [0.717, 1.165) is 6.07 Å². The molecule has 0 aromatic heterocycles. The molecule has 18 heavy (non-hydrogen) atoms. The molecule has 2 N–H and O–H groups in total. The lowest BCUT2D eigenvalue weighted by atomic mass is 10.00. The van der Waals surface area contributed by atoms with Gasteiger partial charge in [-0.05, 0) is 37.5 Å². The topological polar surface area (TPSA) is 29.3 Å². The first-order valence-electron chi connectivity index (χ1n) is 5.98. The summed E-state index contributed by atoms with van der Waals surface area (Å²) in [5.41, 5.74) is 6.31. The molecular formula is C13H17F3N2. The number of rotatable bonds is 2. The monoisotopic (exact) mass is 258 g/mol. The van der Waals surface area contributed by atoms with Crippen LogP contribution in [0.4, 0.5) is 18.9 Å². The van der Waals surface area contributed by atoms with Crippen molar-refractivity contribution in [3.05, 3.63) is 29.3 Å². The van der Waals surface area contributed by atoms with Crippen molar-refractivity contribution in [2.75, 3.05) is 11.9 Å². The van der Waals surface area contributed by atoms with Crippen LogP contribution >= 0.6 is 0 Å². The normalized spacial score (nSPS) is 21.0. The first-order chi connectivity index (χ1) is 8.30. The van der Waals surface area contributed by atoms with Crippen molar-refractivity contribution in [2.45, 2.75) is 38.0 Å². The van der Waals surface area contributed by atoms with Crippen LogP contribution in [-0.2, 0) is 12.6 Å². The first kappa shape index (κ1) is 13.2. The molecule has 0 bridgehead atoms. The molecule has 2 nitrogen and oxygen atoms in total. The van der Waals surface area contributed by atoms with Crippen LogP contribution in [0.15, 0.2) is 18.2 Å². The SMILES string of the molecule is CC(N)CC1Cc2c(cccc2C(F)(F)F)N1C. The number of hydrogen-bond acceptors (Lipinski definition) is 2. The highest BCUT2D eigenvalue weighted by Crippen LogP contribution is 2.41. The standard InChI is InChI=1S/C13H17F3N2/c1-8(17)6-9-7-10-11(13(14,15)16)4-3-5-12(10)18(9)2/h3-5,8-9H,6-7,17H2,1-2H3. The minimum atomic E-state index is -4.28. The van der Waals surface area contributed by atoms with Gasteiger partial charge in [-0.25, -0.2) is 0 Å². The molecule has 1 aromatic rings. The van der Waals surface area contributed by atoms with E-state index in [-0.39, 0.29) is 12.1 Å². The Bertz CT molecular complexity index is 440. The van der Waals surface area contributed by atoms with E-state index in [1.165, 1.54) is 6.07 Å². The third-order valence-corrected chi connectivity index (χ3v) is 3.47. The highest BCUT2D eigenvalue weighted by molar-refractivity contribution is 5.62. The fourth-order valence-corrected chi connectivity index (χ4v) is 2.63. The van der Waals surface area contributed by atoms with Gasteiger partial charge in [0.2, 0.25) is 0 Å². The Morgan fingerprint density at radius 3 is 2.67 bits per heavy atom. The maximum atomic E-state index is 12.9. The highest BCUT2D eigenvalue weighted by Gasteiger charge is 2.38. The number of nitrogens with zero attached hydrogens (tertiary/aromatic N) is 1. The van der Waals surface area contributed by atoms with Crippen LogP contribution in [0.2, 0.25) is 0 Å². The van der Waals surface area contributed by atoms with Crippen LogP contribution in [0.25, 0.3) is 0 Å². The third-order valence-electron chi connectivity index (χ3n) is 3.47. The number of halogens is 3. The number of nitrogens with two attached hydrogens (primary N) is 1. The number of fused-ring (bicyclic) bond motifs is 1. The molecular weight excluding hydrogens is 241 g/mol. The van der Waals surface area contributed by atoms with Gasteiger partial charge in [0.15, 0.2) is 0 Å². The molecule has 1 aliphatic rings. The summed E-state index contributed by atoms with van der Waals surface area (Å²) in [6, 6.07) is 4.41. The molecule has 0 spiro atoms. The summed E-state index contributed by atoms with van der Waals surface area (Å²) >= 11 is 0. The predicted molar refractivity (Wildman–Crippen MR) is 65.6 cm³/mol. The summed E-state index contributed by atoms with van der Waals surface area (Å²) in [6.07, 6.45) is -3.17. The van der Waals surface area contributed by atoms with E-state index in [0.29, 0.717) is 24.1 Å². The number of alkyl halides is 3. The van der Waals surface area contributed by atoms with Gasteiger partial charge in [0, 0.05) is 24.8 Å². The molecule has 1 heterocycles. The average molecular weight is 258 g/mol. The quantitative estimate of drug-likeness (QED) is 0.883. The molecule has 1 aliphatic heterocycles. The third kappa shape index (κ3) is 2.32. The molecule has 0 saturated carbocycles. The molecule has 0 amide bonds. The lowest BCUT2D eigenvalue weighted by molar-refractivity contribution is -0.138. The fraction of sp³-hybridized carbons (Fsp3) is 0.538. The molecule has 2 atom stereocenters. The Labute approximate surface area is 105 Å². The van der Waals surface area contributed by atoms with Crippen LogP contribution in [0, 0.1) is 0 Å². The van der Waals surface area contributed by atoms with E-state index in [9.17, 15) is 13.2 Å². The van der Waals surface area contributed by atoms with E-state index < -0.39 is 11.7 Å². The summed E-state index contributed by atoms with van der Waals surface area (Å²) in [5, 5.41) is 0. The Morgan fingerprint density at radius 2 is 2.11 bits per heavy atom. The summed E-state index contributed by atoms with van der Waals surface area (Å²) < 4.78 is 38.7. The van der Waals surface area contributed by atoms with Crippen molar-refractivity contribution in [3.8, 4) is 0 Å². The van der Waals surface area contributed by atoms with Gasteiger partial charge in [-0.3, -0.25) is 0 Å². The van der Waals surface area contributed by atoms with Gasteiger partial charge in [-0.2, -0.15) is 13.2 Å². The Balaban J connectivity index is 2.36. The second-order valence-corrected chi connectivity index (χ2v) is 4.98. The Morgan fingerprint density at radius 1 is 1.44 bits per heavy atom. The van der Waals surface area contributed by atoms with Crippen molar-refractivity contribution in [1.82, 2.24) is 0 Å². The van der Waals surface area contributed by atoms with Gasteiger partial charge in [-0.1, -0.05) is 6.07 Å². The van der Waals surface area contributed by atoms with Crippen molar-refractivity contribution in [1.29, 1.82) is 0 Å². The lowest BCUT2D eigenvalue weighted by Gasteiger charge is -2.24. The predicted octanol–water partition coefficient (Wildman–Crippen LogP) is 2.80. The molecule has 0 saturated heterocycles. The zero-order valence-corrected chi connectivity index (χ0v) is 10.5. The Hall–Kier alpha value is -1.23. The summed E-state index contributed by atoms with van der Waals surface area (Å²) in [6.45, 7) is 1.88.